The van der Waals surface area contributed by atoms with Crippen molar-refractivity contribution in [1.29, 1.82) is 0 Å². The zero-order valence-corrected chi connectivity index (χ0v) is 16.7. The molecule has 142 valence electrons. The molecule has 28 heavy (non-hydrogen) atoms. The van der Waals surface area contributed by atoms with Gasteiger partial charge in [-0.25, -0.2) is 0 Å². The maximum absolute atomic E-state index is 12.7. The van der Waals surface area contributed by atoms with Gasteiger partial charge in [0.1, 0.15) is 0 Å². The molecule has 0 bridgehead atoms. The Bertz CT molecular complexity index is 1080. The summed E-state index contributed by atoms with van der Waals surface area (Å²) in [6, 6.07) is 13.0. The maximum atomic E-state index is 12.7. The van der Waals surface area contributed by atoms with Gasteiger partial charge in [0.15, 0.2) is 0 Å². The Labute approximate surface area is 165 Å². The molecular weight excluding hydrogens is 348 g/mol. The number of Topliss-reactive ketones (excluding diaryl/α,β-unsaturated/α-hetero) is 1. The number of para-hydroxylation sites is 1. The van der Waals surface area contributed by atoms with Crippen molar-refractivity contribution in [2.45, 2.75) is 45.7 Å². The van der Waals surface area contributed by atoms with E-state index in [0.29, 0.717) is 11.6 Å². The van der Waals surface area contributed by atoms with E-state index in [9.17, 15) is 9.59 Å². The number of benzene rings is 2. The number of rotatable bonds is 2. The van der Waals surface area contributed by atoms with Crippen LogP contribution in [0.1, 0.15) is 47.8 Å². The quantitative estimate of drug-likeness (QED) is 0.744. The van der Waals surface area contributed by atoms with Crippen molar-refractivity contribution in [2.75, 3.05) is 16.3 Å². The largest absolute Gasteiger partial charge is 0.364 e. The minimum atomic E-state index is -0.530. The van der Waals surface area contributed by atoms with Crippen LogP contribution < -0.4 is 9.80 Å². The number of carbonyl (C=O) groups excluding carboxylic acids is 2. The fraction of sp³-hybridized carbons (Fsp3) is 0.333. The topological polar surface area (TPSA) is 40.6 Å². The Morgan fingerprint density at radius 2 is 1.82 bits per heavy atom. The third-order valence-electron chi connectivity index (χ3n) is 6.26. The second kappa shape index (κ2) is 5.57. The van der Waals surface area contributed by atoms with Gasteiger partial charge in [0, 0.05) is 23.8 Å². The van der Waals surface area contributed by atoms with Crippen LogP contribution in [0.4, 0.5) is 11.4 Å². The number of amides is 1. The average Bonchev–Trinajstić information content (AvgIpc) is 3.08. The SMILES string of the molecule is Cc1cc2c3c(c1)C(CN1c4ccccc4CC1C)=CC(C)(C)N3C(=O)C2=O. The number of hydrogen-bond donors (Lipinski definition) is 0. The van der Waals surface area contributed by atoms with E-state index in [0.717, 1.165) is 29.8 Å². The first-order chi connectivity index (χ1) is 13.3. The van der Waals surface area contributed by atoms with Crippen LogP contribution in [0.3, 0.4) is 0 Å². The second-order valence-corrected chi connectivity index (χ2v) is 8.81. The third kappa shape index (κ3) is 2.24. The molecule has 3 heterocycles. The summed E-state index contributed by atoms with van der Waals surface area (Å²) in [6.45, 7) is 9.04. The number of anilines is 2. The summed E-state index contributed by atoms with van der Waals surface area (Å²) in [5.41, 5.74) is 6.70. The summed E-state index contributed by atoms with van der Waals surface area (Å²) >= 11 is 0. The van der Waals surface area contributed by atoms with Gasteiger partial charge < -0.3 is 4.90 Å². The van der Waals surface area contributed by atoms with Gasteiger partial charge in [-0.2, -0.15) is 0 Å². The van der Waals surface area contributed by atoms with Crippen molar-refractivity contribution in [3.8, 4) is 0 Å². The molecule has 5 rings (SSSR count). The van der Waals surface area contributed by atoms with Crippen molar-refractivity contribution in [3.63, 3.8) is 0 Å². The van der Waals surface area contributed by atoms with E-state index in [1.165, 1.54) is 16.8 Å². The lowest BCUT2D eigenvalue weighted by Gasteiger charge is -2.40. The van der Waals surface area contributed by atoms with Crippen LogP contribution in [-0.4, -0.2) is 29.8 Å². The molecule has 3 aliphatic rings. The lowest BCUT2D eigenvalue weighted by Crippen LogP contribution is -2.48. The fourth-order valence-corrected chi connectivity index (χ4v) is 5.06. The standard InChI is InChI=1S/C24H24N2O2/c1-14-9-18-17(13-25-15(2)11-16-7-5-6-8-20(16)25)12-24(3,4)26-21(18)19(10-14)22(27)23(26)28/h5-10,12,15H,11,13H2,1-4H3. The molecular formula is C24H24N2O2. The minimum absolute atomic E-state index is 0.387. The van der Waals surface area contributed by atoms with E-state index in [1.807, 2.05) is 26.8 Å². The van der Waals surface area contributed by atoms with Crippen molar-refractivity contribution in [3.05, 3.63) is 64.7 Å². The van der Waals surface area contributed by atoms with Gasteiger partial charge in [-0.05, 0) is 69.0 Å². The lowest BCUT2D eigenvalue weighted by molar-refractivity contribution is -0.115. The fourth-order valence-electron chi connectivity index (χ4n) is 5.06. The van der Waals surface area contributed by atoms with Gasteiger partial charge in [0.2, 0.25) is 0 Å². The summed E-state index contributed by atoms with van der Waals surface area (Å²) in [6.07, 6.45) is 3.21. The molecule has 0 N–H and O–H groups in total. The zero-order chi connectivity index (χ0) is 19.8. The highest BCUT2D eigenvalue weighted by atomic mass is 16.2. The number of hydrogen-bond acceptors (Lipinski definition) is 3. The van der Waals surface area contributed by atoms with Crippen molar-refractivity contribution in [1.82, 2.24) is 0 Å². The second-order valence-electron chi connectivity index (χ2n) is 8.81. The van der Waals surface area contributed by atoms with Crippen LogP contribution in [-0.2, 0) is 11.2 Å². The highest BCUT2D eigenvalue weighted by Crippen LogP contribution is 2.46. The first-order valence-corrected chi connectivity index (χ1v) is 9.88. The number of ketones is 1. The summed E-state index contributed by atoms with van der Waals surface area (Å²) in [5, 5.41) is 0. The van der Waals surface area contributed by atoms with E-state index in [-0.39, 0.29) is 5.78 Å². The van der Waals surface area contributed by atoms with Crippen LogP contribution in [0.5, 0.6) is 0 Å². The lowest BCUT2D eigenvalue weighted by atomic mass is 9.87. The van der Waals surface area contributed by atoms with E-state index in [1.54, 1.807) is 4.90 Å². The Balaban J connectivity index is 1.65. The van der Waals surface area contributed by atoms with Crippen molar-refractivity contribution >= 4 is 28.6 Å². The smallest absolute Gasteiger partial charge is 0.300 e. The third-order valence-corrected chi connectivity index (χ3v) is 6.26. The molecule has 4 nitrogen and oxygen atoms in total. The van der Waals surface area contributed by atoms with Gasteiger partial charge in [0.25, 0.3) is 11.7 Å². The van der Waals surface area contributed by atoms with E-state index >= 15 is 0 Å². The molecule has 1 amide bonds. The normalized spacial score (nSPS) is 21.7. The van der Waals surface area contributed by atoms with Crippen LogP contribution >= 0.6 is 0 Å². The molecule has 1 unspecified atom stereocenters. The van der Waals surface area contributed by atoms with E-state index < -0.39 is 11.4 Å². The molecule has 2 aromatic carbocycles. The van der Waals surface area contributed by atoms with E-state index in [2.05, 4.69) is 48.2 Å². The molecule has 0 radical (unpaired) electrons. The number of nitrogens with zero attached hydrogens (tertiary/aromatic N) is 2. The van der Waals surface area contributed by atoms with Crippen LogP contribution in [0.25, 0.3) is 5.57 Å². The predicted molar refractivity (Wildman–Crippen MR) is 112 cm³/mol. The zero-order valence-electron chi connectivity index (χ0n) is 16.7. The van der Waals surface area contributed by atoms with Gasteiger partial charge in [0.05, 0.1) is 16.8 Å². The van der Waals surface area contributed by atoms with Gasteiger partial charge in [-0.1, -0.05) is 24.3 Å². The van der Waals surface area contributed by atoms with Gasteiger partial charge in [-0.3, -0.25) is 14.5 Å². The Hall–Kier alpha value is -2.88. The van der Waals surface area contributed by atoms with Crippen LogP contribution in [0, 0.1) is 6.92 Å². The molecule has 0 spiro atoms. The maximum Gasteiger partial charge on any atom is 0.300 e. The van der Waals surface area contributed by atoms with Crippen LogP contribution in [0.2, 0.25) is 0 Å². The molecule has 3 aliphatic heterocycles. The Morgan fingerprint density at radius 3 is 2.61 bits per heavy atom. The first-order valence-electron chi connectivity index (χ1n) is 9.88. The Morgan fingerprint density at radius 1 is 1.11 bits per heavy atom. The average molecular weight is 372 g/mol. The molecule has 4 heteroatoms. The summed E-state index contributed by atoms with van der Waals surface area (Å²) in [4.78, 5) is 29.5. The molecule has 2 aromatic rings. The Kier molecular flexibility index (Phi) is 3.43. The molecule has 0 fully saturated rings. The number of aryl methyl sites for hydroxylation is 1. The van der Waals surface area contributed by atoms with E-state index in [4.69, 9.17) is 0 Å². The minimum Gasteiger partial charge on any atom is -0.364 e. The van der Waals surface area contributed by atoms with Crippen molar-refractivity contribution in [2.24, 2.45) is 0 Å². The summed E-state index contributed by atoms with van der Waals surface area (Å²) in [5.74, 6) is -0.801. The van der Waals surface area contributed by atoms with Gasteiger partial charge >= 0.3 is 0 Å². The summed E-state index contributed by atoms with van der Waals surface area (Å²) in [7, 11) is 0. The molecule has 1 atom stereocenters. The highest BCUT2D eigenvalue weighted by molar-refractivity contribution is 6.53. The number of carbonyl (C=O) groups is 2. The molecule has 0 saturated carbocycles. The predicted octanol–water partition coefficient (Wildman–Crippen LogP) is 4.15. The number of fused-ring (bicyclic) bond motifs is 1. The molecule has 0 aromatic heterocycles. The van der Waals surface area contributed by atoms with Gasteiger partial charge in [-0.15, -0.1) is 0 Å². The summed E-state index contributed by atoms with van der Waals surface area (Å²) < 4.78 is 0. The molecule has 0 saturated heterocycles. The first kappa shape index (κ1) is 17.2. The van der Waals surface area contributed by atoms with Crippen molar-refractivity contribution < 1.29 is 9.59 Å². The highest BCUT2D eigenvalue weighted by Gasteiger charge is 2.47. The monoisotopic (exact) mass is 372 g/mol. The van der Waals surface area contributed by atoms with Crippen LogP contribution in [0.15, 0.2) is 42.5 Å². The molecule has 0 aliphatic carbocycles.